The number of aliphatic carboxylic acids is 1. The molecule has 0 aliphatic carbocycles. The van der Waals surface area contributed by atoms with Gasteiger partial charge in [0.05, 0.1) is 11.5 Å². The minimum absolute atomic E-state index is 0.0374. The van der Waals surface area contributed by atoms with Gasteiger partial charge < -0.3 is 26.0 Å². The van der Waals surface area contributed by atoms with Gasteiger partial charge in [0.25, 0.3) is 0 Å². The molecule has 1 aromatic carbocycles. The number of piperidine rings is 1. The maximum atomic E-state index is 13.5. The number of nitrogens with one attached hydrogen (secondary N) is 3. The topological polar surface area (TPSA) is 192 Å². The molecule has 214 valence electrons. The number of aromatic nitrogens is 1. The Balaban J connectivity index is 1.52. The highest BCUT2D eigenvalue weighted by Crippen LogP contribution is 2.24. The molecule has 3 unspecified atom stereocenters. The predicted octanol–water partition coefficient (Wildman–Crippen LogP) is 0.898. The smallest absolute Gasteiger partial charge is 0.313 e. The zero-order valence-corrected chi connectivity index (χ0v) is 23.7. The second-order valence-corrected chi connectivity index (χ2v) is 13.2. The van der Waals surface area contributed by atoms with Gasteiger partial charge in [-0.25, -0.2) is 13.1 Å². The van der Waals surface area contributed by atoms with Gasteiger partial charge in [-0.1, -0.05) is 24.3 Å². The molecule has 2 aromatic heterocycles. The summed E-state index contributed by atoms with van der Waals surface area (Å²) >= 11 is 1.96. The molecule has 0 bridgehead atoms. The maximum absolute atomic E-state index is 13.5. The molecular weight excluding hydrogens is 579 g/mol. The number of H-pyrrole nitrogens is 1. The van der Waals surface area contributed by atoms with E-state index < -0.39 is 51.8 Å². The van der Waals surface area contributed by atoms with E-state index in [4.69, 9.17) is 10.8 Å². The largest absolute Gasteiger partial charge is 0.481 e. The first kappa shape index (κ1) is 29.6. The number of carbonyl (C=O) groups is 4. The first-order valence-corrected chi connectivity index (χ1v) is 15.9. The Kier molecular flexibility index (Phi) is 9.50. The Hall–Kier alpha value is -3.40. The molecule has 3 amide bonds. The molecule has 12 nitrogen and oxygen atoms in total. The van der Waals surface area contributed by atoms with Crippen molar-refractivity contribution in [3.63, 3.8) is 0 Å². The minimum Gasteiger partial charge on any atom is -0.481 e. The molecule has 15 heteroatoms. The van der Waals surface area contributed by atoms with E-state index in [-0.39, 0.29) is 41.5 Å². The van der Waals surface area contributed by atoms with Crippen molar-refractivity contribution < 1.29 is 32.7 Å². The summed E-state index contributed by atoms with van der Waals surface area (Å²) in [5, 5.41) is 14.1. The fraction of sp³-hybridized carbons (Fsp3) is 0.360. The van der Waals surface area contributed by atoms with Gasteiger partial charge in [0.2, 0.25) is 27.7 Å². The van der Waals surface area contributed by atoms with E-state index in [0.29, 0.717) is 0 Å². The highest BCUT2D eigenvalue weighted by atomic mass is 32.2. The lowest BCUT2D eigenvalue weighted by atomic mass is 9.96. The highest BCUT2D eigenvalue weighted by Gasteiger charge is 2.39. The number of hydrogen-bond acceptors (Lipinski definition) is 8. The van der Waals surface area contributed by atoms with Crippen molar-refractivity contribution in [1.82, 2.24) is 19.9 Å². The number of hydrogen-bond donors (Lipinski definition) is 5. The van der Waals surface area contributed by atoms with Gasteiger partial charge in [-0.3, -0.25) is 19.2 Å². The van der Waals surface area contributed by atoms with Gasteiger partial charge in [0, 0.05) is 36.1 Å². The van der Waals surface area contributed by atoms with E-state index in [1.807, 2.05) is 24.3 Å². The van der Waals surface area contributed by atoms with Crippen molar-refractivity contribution >= 4 is 67.7 Å². The lowest BCUT2D eigenvalue weighted by Gasteiger charge is -2.39. The predicted molar refractivity (Wildman–Crippen MR) is 151 cm³/mol. The van der Waals surface area contributed by atoms with Gasteiger partial charge in [-0.15, -0.1) is 23.1 Å². The van der Waals surface area contributed by atoms with E-state index >= 15 is 0 Å². The van der Waals surface area contributed by atoms with Crippen molar-refractivity contribution in [2.75, 3.05) is 18.1 Å². The number of benzene rings is 1. The molecule has 1 fully saturated rings. The van der Waals surface area contributed by atoms with Gasteiger partial charge >= 0.3 is 5.97 Å². The Labute approximate surface area is 238 Å². The summed E-state index contributed by atoms with van der Waals surface area (Å²) in [5.74, 6) is -3.40. The first-order valence-electron chi connectivity index (χ1n) is 12.3. The van der Waals surface area contributed by atoms with Crippen molar-refractivity contribution in [3.05, 3.63) is 53.5 Å². The summed E-state index contributed by atoms with van der Waals surface area (Å²) in [6.07, 6.45) is 2.05. The number of carboxylic acid groups (broad SMARTS) is 1. The number of nitrogens with two attached hydrogens (primary N) is 1. The number of primary amides is 1. The number of sulfonamides is 1. The van der Waals surface area contributed by atoms with Gasteiger partial charge in [-0.05, 0) is 35.9 Å². The third-order valence-electron chi connectivity index (χ3n) is 6.52. The van der Waals surface area contributed by atoms with Crippen LogP contribution in [0.15, 0.2) is 52.2 Å². The quantitative estimate of drug-likeness (QED) is 0.200. The number of aromatic amines is 1. The summed E-state index contributed by atoms with van der Waals surface area (Å²) in [5.41, 5.74) is 7.26. The third-order valence-corrected chi connectivity index (χ3v) is 10.3. The summed E-state index contributed by atoms with van der Waals surface area (Å²) in [4.78, 5) is 54.2. The van der Waals surface area contributed by atoms with Crippen LogP contribution in [0.4, 0.5) is 0 Å². The van der Waals surface area contributed by atoms with Crippen LogP contribution in [0.2, 0.25) is 0 Å². The SMILES string of the molecule is NC(=O)C(Cc1c[nH]c2ccccc12)NC(=O)C1CC(NS(=O)(=O)c2cccs2)CCN1C(=O)CSCC(=O)O. The fourth-order valence-corrected chi connectivity index (χ4v) is 7.54. The zero-order chi connectivity index (χ0) is 28.9. The Morgan fingerprint density at radius 1 is 1.18 bits per heavy atom. The molecule has 3 aromatic rings. The molecule has 1 aliphatic rings. The van der Waals surface area contributed by atoms with Crippen molar-refractivity contribution in [3.8, 4) is 0 Å². The van der Waals surface area contributed by atoms with E-state index in [9.17, 15) is 27.6 Å². The summed E-state index contributed by atoms with van der Waals surface area (Å²) in [6, 6.07) is 7.70. The van der Waals surface area contributed by atoms with Crippen LogP contribution in [0.3, 0.4) is 0 Å². The third kappa shape index (κ3) is 7.21. The number of carbonyl (C=O) groups excluding carboxylic acids is 3. The molecule has 3 atom stereocenters. The van der Waals surface area contributed by atoms with Crippen LogP contribution in [-0.4, -0.2) is 83.3 Å². The lowest BCUT2D eigenvalue weighted by Crippen LogP contribution is -2.60. The van der Waals surface area contributed by atoms with Crippen LogP contribution < -0.4 is 15.8 Å². The summed E-state index contributed by atoms with van der Waals surface area (Å²) in [6.45, 7) is 0.0614. The van der Waals surface area contributed by atoms with Crippen LogP contribution in [0.1, 0.15) is 18.4 Å². The van der Waals surface area contributed by atoms with Crippen molar-refractivity contribution in [1.29, 1.82) is 0 Å². The van der Waals surface area contributed by atoms with Crippen LogP contribution in [0.5, 0.6) is 0 Å². The van der Waals surface area contributed by atoms with E-state index in [1.54, 1.807) is 17.6 Å². The number of rotatable bonds is 12. The molecule has 1 aliphatic heterocycles. The van der Waals surface area contributed by atoms with Gasteiger partial charge in [0.15, 0.2) is 0 Å². The maximum Gasteiger partial charge on any atom is 0.313 e. The van der Waals surface area contributed by atoms with E-state index in [2.05, 4.69) is 15.0 Å². The fourth-order valence-electron chi connectivity index (χ4n) is 4.63. The normalized spacial score (nSPS) is 18.4. The standard InChI is InChI=1S/C25H29N5O7S3/c26-24(34)19(10-15-12-27-18-5-2-1-4-17(15)18)28-25(35)20-11-16(29-40(36,37)23-6-3-9-39-23)7-8-30(20)21(31)13-38-14-22(32)33/h1-6,9,12,16,19-20,27,29H,7-8,10-11,13-14H2,(H2,26,34)(H,28,35)(H,32,33). The second-order valence-electron chi connectivity index (χ2n) is 9.29. The lowest BCUT2D eigenvalue weighted by molar-refractivity contribution is -0.141. The Morgan fingerprint density at radius 2 is 1.95 bits per heavy atom. The molecule has 0 saturated carbocycles. The first-order chi connectivity index (χ1) is 19.0. The zero-order valence-electron chi connectivity index (χ0n) is 21.2. The number of amides is 3. The minimum atomic E-state index is -3.83. The van der Waals surface area contributed by atoms with Crippen molar-refractivity contribution in [2.24, 2.45) is 5.73 Å². The number of carboxylic acids is 1. The molecular formula is C25H29N5O7S3. The Bertz CT molecular complexity index is 1490. The van der Waals surface area contributed by atoms with Crippen LogP contribution in [0.25, 0.3) is 10.9 Å². The average Bonchev–Trinajstić information content (AvgIpc) is 3.59. The van der Waals surface area contributed by atoms with Crippen LogP contribution in [0, 0.1) is 0 Å². The number of thioether (sulfide) groups is 1. The van der Waals surface area contributed by atoms with Gasteiger partial charge in [-0.2, -0.15) is 0 Å². The van der Waals surface area contributed by atoms with E-state index in [0.717, 1.165) is 39.6 Å². The molecule has 6 N–H and O–H groups in total. The average molecular weight is 608 g/mol. The number of thiophene rings is 1. The molecule has 1 saturated heterocycles. The number of likely N-dealkylation sites (tertiary alicyclic amines) is 1. The Morgan fingerprint density at radius 3 is 2.65 bits per heavy atom. The highest BCUT2D eigenvalue weighted by molar-refractivity contribution is 8.00. The summed E-state index contributed by atoms with van der Waals surface area (Å²) < 4.78 is 28.4. The van der Waals surface area contributed by atoms with E-state index in [1.165, 1.54) is 11.0 Å². The molecule has 0 radical (unpaired) electrons. The number of para-hydroxylation sites is 1. The molecule has 0 spiro atoms. The summed E-state index contributed by atoms with van der Waals surface area (Å²) in [7, 11) is -3.83. The monoisotopic (exact) mass is 607 g/mol. The van der Waals surface area contributed by atoms with Crippen molar-refractivity contribution in [2.45, 2.75) is 41.6 Å². The molecule has 3 heterocycles. The number of nitrogens with zero attached hydrogens (tertiary/aromatic N) is 1. The van der Waals surface area contributed by atoms with Gasteiger partial charge in [0.1, 0.15) is 16.3 Å². The molecule has 4 rings (SSSR count). The second kappa shape index (κ2) is 12.8. The van der Waals surface area contributed by atoms with Crippen LogP contribution in [-0.2, 0) is 35.6 Å². The van der Waals surface area contributed by atoms with Crippen LogP contribution >= 0.6 is 23.1 Å². The number of fused-ring (bicyclic) bond motifs is 1. The molecule has 40 heavy (non-hydrogen) atoms.